The van der Waals surface area contributed by atoms with Gasteiger partial charge in [0.2, 0.25) is 11.8 Å². The SMILES string of the molecule is CC(NC(=O)Nc1ccccc1)C(=O)N1CCCCC1CC(N)=O. The van der Waals surface area contributed by atoms with Gasteiger partial charge in [0.1, 0.15) is 6.04 Å². The number of hydrogen-bond donors (Lipinski definition) is 3. The predicted octanol–water partition coefficient (Wildman–Crippen LogP) is 1.45. The number of amides is 4. The van der Waals surface area contributed by atoms with Crippen LogP contribution in [0.15, 0.2) is 30.3 Å². The van der Waals surface area contributed by atoms with E-state index in [0.717, 1.165) is 19.3 Å². The van der Waals surface area contributed by atoms with Crippen molar-refractivity contribution in [1.82, 2.24) is 10.2 Å². The summed E-state index contributed by atoms with van der Waals surface area (Å²) in [5, 5.41) is 5.32. The summed E-state index contributed by atoms with van der Waals surface area (Å²) in [5.41, 5.74) is 5.92. The minimum atomic E-state index is -0.679. The van der Waals surface area contributed by atoms with Gasteiger partial charge in [0, 0.05) is 24.7 Å². The molecule has 1 heterocycles. The highest BCUT2D eigenvalue weighted by Crippen LogP contribution is 2.20. The highest BCUT2D eigenvalue weighted by Gasteiger charge is 2.31. The van der Waals surface area contributed by atoms with Crippen molar-refractivity contribution in [3.05, 3.63) is 30.3 Å². The molecule has 1 aliphatic rings. The van der Waals surface area contributed by atoms with Gasteiger partial charge in [0.05, 0.1) is 0 Å². The summed E-state index contributed by atoms with van der Waals surface area (Å²) < 4.78 is 0. The Balaban J connectivity index is 1.92. The second-order valence-corrected chi connectivity index (χ2v) is 6.04. The summed E-state index contributed by atoms with van der Waals surface area (Å²) in [6.07, 6.45) is 2.79. The third-order valence-corrected chi connectivity index (χ3v) is 4.10. The number of carbonyl (C=O) groups is 3. The molecule has 1 aromatic carbocycles. The summed E-state index contributed by atoms with van der Waals surface area (Å²) >= 11 is 0. The molecule has 2 rings (SSSR count). The summed E-state index contributed by atoms with van der Waals surface area (Å²) in [6, 6.07) is 7.71. The highest BCUT2D eigenvalue weighted by molar-refractivity contribution is 5.93. The van der Waals surface area contributed by atoms with E-state index in [2.05, 4.69) is 10.6 Å². The fourth-order valence-electron chi connectivity index (χ4n) is 2.93. The first kappa shape index (κ1) is 17.8. The lowest BCUT2D eigenvalue weighted by atomic mass is 9.98. The Kier molecular flexibility index (Phi) is 6.17. The Morgan fingerprint density at radius 1 is 1.25 bits per heavy atom. The van der Waals surface area contributed by atoms with Crippen molar-refractivity contribution in [3.63, 3.8) is 0 Å². The standard InChI is InChI=1S/C17H24N4O3/c1-12(19-17(24)20-13-7-3-2-4-8-13)16(23)21-10-6-5-9-14(21)11-15(18)22/h2-4,7-8,12,14H,5-6,9-11H2,1H3,(H2,18,22)(H2,19,20,24). The molecule has 0 radical (unpaired) electrons. The maximum absolute atomic E-state index is 12.6. The average Bonchev–Trinajstić information content (AvgIpc) is 2.55. The number of nitrogens with zero attached hydrogens (tertiary/aromatic N) is 1. The number of urea groups is 1. The molecule has 0 aliphatic carbocycles. The molecule has 1 aliphatic heterocycles. The lowest BCUT2D eigenvalue weighted by Gasteiger charge is -2.36. The van der Waals surface area contributed by atoms with Crippen LogP contribution in [0.3, 0.4) is 0 Å². The minimum Gasteiger partial charge on any atom is -0.370 e. The summed E-state index contributed by atoms with van der Waals surface area (Å²) in [6.45, 7) is 2.23. The van der Waals surface area contributed by atoms with Gasteiger partial charge in [-0.05, 0) is 38.3 Å². The number of piperidine rings is 1. The molecule has 4 N–H and O–H groups in total. The van der Waals surface area contributed by atoms with E-state index < -0.39 is 18.0 Å². The lowest BCUT2D eigenvalue weighted by Crippen LogP contribution is -2.53. The first-order valence-electron chi connectivity index (χ1n) is 8.18. The number of carbonyl (C=O) groups excluding carboxylic acids is 3. The minimum absolute atomic E-state index is 0.161. The molecular formula is C17H24N4O3. The summed E-state index contributed by atoms with van der Waals surface area (Å²) in [7, 11) is 0. The van der Waals surface area contributed by atoms with Crippen molar-refractivity contribution < 1.29 is 14.4 Å². The third-order valence-electron chi connectivity index (χ3n) is 4.10. The zero-order valence-electron chi connectivity index (χ0n) is 13.8. The van der Waals surface area contributed by atoms with Crippen molar-refractivity contribution >= 4 is 23.5 Å². The number of primary amides is 1. The highest BCUT2D eigenvalue weighted by atomic mass is 16.2. The predicted molar refractivity (Wildman–Crippen MR) is 91.2 cm³/mol. The van der Waals surface area contributed by atoms with Crippen molar-refractivity contribution in [2.45, 2.75) is 44.7 Å². The molecule has 1 fully saturated rings. The van der Waals surface area contributed by atoms with E-state index in [-0.39, 0.29) is 18.4 Å². The van der Waals surface area contributed by atoms with E-state index >= 15 is 0 Å². The normalized spacial score (nSPS) is 18.5. The van der Waals surface area contributed by atoms with Gasteiger partial charge in [-0.3, -0.25) is 9.59 Å². The van der Waals surface area contributed by atoms with Crippen LogP contribution in [0.25, 0.3) is 0 Å². The molecule has 0 bridgehead atoms. The summed E-state index contributed by atoms with van der Waals surface area (Å²) in [5.74, 6) is -0.605. The maximum atomic E-state index is 12.6. The van der Waals surface area contributed by atoms with E-state index in [4.69, 9.17) is 5.73 Å². The summed E-state index contributed by atoms with van der Waals surface area (Å²) in [4.78, 5) is 37.5. The van der Waals surface area contributed by atoms with Crippen LogP contribution in [0.4, 0.5) is 10.5 Å². The molecule has 0 aromatic heterocycles. The van der Waals surface area contributed by atoms with Crippen LogP contribution < -0.4 is 16.4 Å². The zero-order valence-corrected chi connectivity index (χ0v) is 13.8. The molecule has 7 nitrogen and oxygen atoms in total. The molecule has 130 valence electrons. The van der Waals surface area contributed by atoms with Crippen LogP contribution >= 0.6 is 0 Å². The van der Waals surface area contributed by atoms with Crippen LogP contribution in [0.1, 0.15) is 32.6 Å². The Hall–Kier alpha value is -2.57. The molecule has 2 atom stereocenters. The van der Waals surface area contributed by atoms with Gasteiger partial charge >= 0.3 is 6.03 Å². The van der Waals surface area contributed by atoms with Gasteiger partial charge in [-0.15, -0.1) is 0 Å². The monoisotopic (exact) mass is 332 g/mol. The Labute approximate surface area is 141 Å². The maximum Gasteiger partial charge on any atom is 0.319 e. The lowest BCUT2D eigenvalue weighted by molar-refractivity contribution is -0.137. The zero-order chi connectivity index (χ0) is 17.5. The average molecular weight is 332 g/mol. The van der Waals surface area contributed by atoms with Gasteiger partial charge in [-0.25, -0.2) is 4.79 Å². The van der Waals surface area contributed by atoms with Crippen molar-refractivity contribution in [3.8, 4) is 0 Å². The second-order valence-electron chi connectivity index (χ2n) is 6.04. The van der Waals surface area contributed by atoms with E-state index in [9.17, 15) is 14.4 Å². The van der Waals surface area contributed by atoms with Gasteiger partial charge in [-0.2, -0.15) is 0 Å². The second kappa shape index (κ2) is 8.33. The number of nitrogens with two attached hydrogens (primary N) is 1. The molecule has 4 amide bonds. The van der Waals surface area contributed by atoms with Crippen LogP contribution in [0.2, 0.25) is 0 Å². The molecule has 0 saturated carbocycles. The van der Waals surface area contributed by atoms with Crippen LogP contribution in [0, 0.1) is 0 Å². The van der Waals surface area contributed by atoms with Crippen molar-refractivity contribution in [2.75, 3.05) is 11.9 Å². The number of hydrogen-bond acceptors (Lipinski definition) is 3. The number of rotatable bonds is 5. The van der Waals surface area contributed by atoms with E-state index in [0.29, 0.717) is 12.2 Å². The number of anilines is 1. The molecule has 24 heavy (non-hydrogen) atoms. The number of likely N-dealkylation sites (tertiary alicyclic amines) is 1. The van der Waals surface area contributed by atoms with Gasteiger partial charge in [-0.1, -0.05) is 18.2 Å². The topological polar surface area (TPSA) is 105 Å². The van der Waals surface area contributed by atoms with Crippen LogP contribution in [-0.2, 0) is 9.59 Å². The number of benzene rings is 1. The molecule has 1 saturated heterocycles. The van der Waals surface area contributed by atoms with E-state index in [1.54, 1.807) is 24.0 Å². The third kappa shape index (κ3) is 4.97. The van der Waals surface area contributed by atoms with Gasteiger partial charge in [0.15, 0.2) is 0 Å². The number of para-hydroxylation sites is 1. The molecule has 7 heteroatoms. The fourth-order valence-corrected chi connectivity index (χ4v) is 2.93. The van der Waals surface area contributed by atoms with Crippen LogP contribution in [-0.4, -0.2) is 41.4 Å². The van der Waals surface area contributed by atoms with Gasteiger partial charge in [0.25, 0.3) is 0 Å². The fraction of sp³-hybridized carbons (Fsp3) is 0.471. The first-order valence-corrected chi connectivity index (χ1v) is 8.18. The van der Waals surface area contributed by atoms with Crippen molar-refractivity contribution in [2.24, 2.45) is 5.73 Å². The molecular weight excluding hydrogens is 308 g/mol. The largest absolute Gasteiger partial charge is 0.370 e. The Morgan fingerprint density at radius 3 is 2.62 bits per heavy atom. The molecule has 0 spiro atoms. The quantitative estimate of drug-likeness (QED) is 0.760. The van der Waals surface area contributed by atoms with Crippen LogP contribution in [0.5, 0.6) is 0 Å². The van der Waals surface area contributed by atoms with E-state index in [1.807, 2.05) is 18.2 Å². The molecule has 1 aromatic rings. The first-order chi connectivity index (χ1) is 11.5. The molecule has 2 unspecified atom stereocenters. The van der Waals surface area contributed by atoms with Crippen molar-refractivity contribution in [1.29, 1.82) is 0 Å². The smallest absolute Gasteiger partial charge is 0.319 e. The Bertz CT molecular complexity index is 591. The number of nitrogens with one attached hydrogen (secondary N) is 2. The van der Waals surface area contributed by atoms with E-state index in [1.165, 1.54) is 0 Å². The Morgan fingerprint density at radius 2 is 1.96 bits per heavy atom. The van der Waals surface area contributed by atoms with Gasteiger partial charge < -0.3 is 21.3 Å².